The van der Waals surface area contributed by atoms with Crippen LogP contribution in [-0.4, -0.2) is 48.0 Å². The smallest absolute Gasteiger partial charge is 0.251 e. The standard InChI is InChI=1S/C23H29FN2O2/c1-18(28-17-19-8-4-3-5-9-19)23(27)26(21-12-14-25(2)15-13-21)16-20-10-6-7-11-22(20)24/h3-11,18,21H,12-17H2,1-2H3. The van der Waals surface area contributed by atoms with Gasteiger partial charge in [0, 0.05) is 18.2 Å². The first-order valence-electron chi connectivity index (χ1n) is 9.92. The zero-order chi connectivity index (χ0) is 19.9. The number of carbonyl (C=O) groups is 1. The second kappa shape index (κ2) is 9.80. The quantitative estimate of drug-likeness (QED) is 0.727. The number of piperidine rings is 1. The molecule has 1 atom stereocenters. The van der Waals surface area contributed by atoms with Crippen LogP contribution in [0.1, 0.15) is 30.9 Å². The maximum Gasteiger partial charge on any atom is 0.251 e. The molecule has 0 saturated carbocycles. The molecule has 4 nitrogen and oxygen atoms in total. The maximum absolute atomic E-state index is 14.2. The molecule has 0 bridgehead atoms. The van der Waals surface area contributed by atoms with E-state index in [1.54, 1.807) is 19.1 Å². The number of hydrogen-bond donors (Lipinski definition) is 0. The van der Waals surface area contributed by atoms with E-state index in [2.05, 4.69) is 11.9 Å². The van der Waals surface area contributed by atoms with Gasteiger partial charge in [-0.05, 0) is 51.5 Å². The van der Waals surface area contributed by atoms with Crippen molar-refractivity contribution in [2.75, 3.05) is 20.1 Å². The molecule has 1 unspecified atom stereocenters. The molecule has 0 N–H and O–H groups in total. The first-order chi connectivity index (χ1) is 13.5. The van der Waals surface area contributed by atoms with Crippen LogP contribution in [0.2, 0.25) is 0 Å². The van der Waals surface area contributed by atoms with Gasteiger partial charge in [-0.15, -0.1) is 0 Å². The van der Waals surface area contributed by atoms with E-state index in [1.807, 2.05) is 41.3 Å². The first kappa shape index (κ1) is 20.5. The van der Waals surface area contributed by atoms with Crippen LogP contribution >= 0.6 is 0 Å². The van der Waals surface area contributed by atoms with Crippen molar-refractivity contribution >= 4 is 5.91 Å². The highest BCUT2D eigenvalue weighted by Gasteiger charge is 2.30. The van der Waals surface area contributed by atoms with E-state index in [0.29, 0.717) is 12.2 Å². The molecule has 2 aromatic rings. The summed E-state index contributed by atoms with van der Waals surface area (Å²) in [6.45, 7) is 4.32. The summed E-state index contributed by atoms with van der Waals surface area (Å²) in [6.07, 6.45) is 1.20. The second-order valence-electron chi connectivity index (χ2n) is 7.53. The number of ether oxygens (including phenoxy) is 1. The molecular formula is C23H29FN2O2. The van der Waals surface area contributed by atoms with Crippen molar-refractivity contribution in [1.82, 2.24) is 9.80 Å². The number of halogens is 1. The molecule has 1 aliphatic heterocycles. The van der Waals surface area contributed by atoms with Gasteiger partial charge >= 0.3 is 0 Å². The Hall–Kier alpha value is -2.24. The lowest BCUT2D eigenvalue weighted by molar-refractivity contribution is -0.147. The van der Waals surface area contributed by atoms with Crippen molar-refractivity contribution in [3.8, 4) is 0 Å². The molecule has 5 heteroatoms. The minimum Gasteiger partial charge on any atom is -0.364 e. The van der Waals surface area contributed by atoms with E-state index < -0.39 is 6.10 Å². The minimum absolute atomic E-state index is 0.0752. The highest BCUT2D eigenvalue weighted by Crippen LogP contribution is 2.21. The zero-order valence-corrected chi connectivity index (χ0v) is 16.7. The molecule has 0 spiro atoms. The largest absolute Gasteiger partial charge is 0.364 e. The zero-order valence-electron chi connectivity index (χ0n) is 16.7. The molecule has 1 saturated heterocycles. The topological polar surface area (TPSA) is 32.8 Å². The van der Waals surface area contributed by atoms with Crippen LogP contribution in [0.5, 0.6) is 0 Å². The Morgan fingerprint density at radius 2 is 1.79 bits per heavy atom. The number of benzene rings is 2. The van der Waals surface area contributed by atoms with Gasteiger partial charge in [-0.1, -0.05) is 48.5 Å². The van der Waals surface area contributed by atoms with Crippen LogP contribution < -0.4 is 0 Å². The predicted molar refractivity (Wildman–Crippen MR) is 108 cm³/mol. The maximum atomic E-state index is 14.2. The number of amides is 1. The summed E-state index contributed by atoms with van der Waals surface area (Å²) in [4.78, 5) is 17.3. The van der Waals surface area contributed by atoms with Crippen molar-refractivity contribution < 1.29 is 13.9 Å². The summed E-state index contributed by atoms with van der Waals surface area (Å²) in [7, 11) is 2.09. The first-order valence-corrected chi connectivity index (χ1v) is 9.92. The number of nitrogens with zero attached hydrogens (tertiary/aromatic N) is 2. The monoisotopic (exact) mass is 384 g/mol. The Balaban J connectivity index is 1.71. The van der Waals surface area contributed by atoms with Crippen molar-refractivity contribution in [1.29, 1.82) is 0 Å². The highest BCUT2D eigenvalue weighted by molar-refractivity contribution is 5.81. The summed E-state index contributed by atoms with van der Waals surface area (Å²) in [5.74, 6) is -0.347. The lowest BCUT2D eigenvalue weighted by atomic mass is 10.0. The molecule has 0 aromatic heterocycles. The molecular weight excluding hydrogens is 355 g/mol. The van der Waals surface area contributed by atoms with E-state index in [9.17, 15) is 9.18 Å². The van der Waals surface area contributed by atoms with Crippen molar-refractivity contribution in [2.24, 2.45) is 0 Å². The Labute approximate surface area is 166 Å². The third kappa shape index (κ3) is 5.40. The molecule has 3 rings (SSSR count). The van der Waals surface area contributed by atoms with Crippen LogP contribution in [0.15, 0.2) is 54.6 Å². The van der Waals surface area contributed by atoms with Crippen LogP contribution in [0, 0.1) is 5.82 Å². The van der Waals surface area contributed by atoms with Gasteiger partial charge in [0.2, 0.25) is 0 Å². The fourth-order valence-electron chi connectivity index (χ4n) is 3.60. The van der Waals surface area contributed by atoms with E-state index in [-0.39, 0.29) is 24.3 Å². The third-order valence-corrected chi connectivity index (χ3v) is 5.40. The molecule has 1 amide bonds. The third-order valence-electron chi connectivity index (χ3n) is 5.40. The van der Waals surface area contributed by atoms with Crippen molar-refractivity contribution in [3.63, 3.8) is 0 Å². The fourth-order valence-corrected chi connectivity index (χ4v) is 3.60. The van der Waals surface area contributed by atoms with E-state index in [4.69, 9.17) is 4.74 Å². The number of rotatable bonds is 7. The van der Waals surface area contributed by atoms with Crippen LogP contribution in [0.3, 0.4) is 0 Å². The molecule has 150 valence electrons. The number of carbonyl (C=O) groups excluding carboxylic acids is 1. The van der Waals surface area contributed by atoms with Gasteiger partial charge < -0.3 is 14.5 Å². The average molecular weight is 384 g/mol. The van der Waals surface area contributed by atoms with Gasteiger partial charge in [-0.3, -0.25) is 4.79 Å². The Morgan fingerprint density at radius 3 is 2.46 bits per heavy atom. The van der Waals surface area contributed by atoms with E-state index in [0.717, 1.165) is 31.5 Å². The predicted octanol–water partition coefficient (Wildman–Crippen LogP) is 3.85. The fraction of sp³-hybridized carbons (Fsp3) is 0.435. The van der Waals surface area contributed by atoms with Gasteiger partial charge in [-0.25, -0.2) is 4.39 Å². The average Bonchev–Trinajstić information content (AvgIpc) is 2.72. The summed E-state index contributed by atoms with van der Waals surface area (Å²) in [5, 5.41) is 0. The van der Waals surface area contributed by atoms with Crippen molar-refractivity contribution in [2.45, 2.75) is 45.1 Å². The van der Waals surface area contributed by atoms with Crippen LogP contribution in [0.4, 0.5) is 4.39 Å². The molecule has 0 aliphatic carbocycles. The van der Waals surface area contributed by atoms with Crippen LogP contribution in [-0.2, 0) is 22.7 Å². The Kier molecular flexibility index (Phi) is 7.18. The summed E-state index contributed by atoms with van der Waals surface area (Å²) < 4.78 is 20.1. The Bertz CT molecular complexity index is 760. The van der Waals surface area contributed by atoms with Gasteiger partial charge in [0.25, 0.3) is 5.91 Å². The highest BCUT2D eigenvalue weighted by atomic mass is 19.1. The van der Waals surface area contributed by atoms with E-state index >= 15 is 0 Å². The summed E-state index contributed by atoms with van der Waals surface area (Å²) >= 11 is 0. The summed E-state index contributed by atoms with van der Waals surface area (Å²) in [6, 6.07) is 16.6. The van der Waals surface area contributed by atoms with Crippen molar-refractivity contribution in [3.05, 3.63) is 71.5 Å². The molecule has 28 heavy (non-hydrogen) atoms. The molecule has 2 aromatic carbocycles. The van der Waals surface area contributed by atoms with Gasteiger partial charge in [-0.2, -0.15) is 0 Å². The van der Waals surface area contributed by atoms with Gasteiger partial charge in [0.1, 0.15) is 11.9 Å². The lowest BCUT2D eigenvalue weighted by Gasteiger charge is -2.38. The van der Waals surface area contributed by atoms with Gasteiger partial charge in [0.05, 0.1) is 6.61 Å². The van der Waals surface area contributed by atoms with Crippen LogP contribution in [0.25, 0.3) is 0 Å². The summed E-state index contributed by atoms with van der Waals surface area (Å²) in [5.41, 5.74) is 1.58. The van der Waals surface area contributed by atoms with E-state index in [1.165, 1.54) is 6.07 Å². The lowest BCUT2D eigenvalue weighted by Crippen LogP contribution is -2.49. The number of likely N-dealkylation sites (tertiary alicyclic amines) is 1. The second-order valence-corrected chi connectivity index (χ2v) is 7.53. The van der Waals surface area contributed by atoms with Gasteiger partial charge in [0.15, 0.2) is 0 Å². The Morgan fingerprint density at radius 1 is 1.14 bits per heavy atom. The molecule has 1 aliphatic rings. The normalized spacial score (nSPS) is 16.7. The molecule has 1 heterocycles. The minimum atomic E-state index is -0.577. The molecule has 0 radical (unpaired) electrons. The SMILES string of the molecule is CC(OCc1ccccc1)C(=O)N(Cc1ccccc1F)C1CCN(C)CC1. The number of hydrogen-bond acceptors (Lipinski definition) is 3. The molecule has 1 fully saturated rings.